The molecule has 2 aromatic carbocycles. The molecule has 128 valence electrons. The van der Waals surface area contributed by atoms with Crippen LogP contribution in [-0.2, 0) is 6.61 Å². The zero-order valence-corrected chi connectivity index (χ0v) is 13.8. The van der Waals surface area contributed by atoms with E-state index in [1.165, 1.54) is 0 Å². The quantitative estimate of drug-likeness (QED) is 0.640. The van der Waals surface area contributed by atoms with Crippen molar-refractivity contribution in [3.8, 4) is 11.3 Å². The van der Waals surface area contributed by atoms with Gasteiger partial charge in [-0.05, 0) is 31.2 Å². The summed E-state index contributed by atoms with van der Waals surface area (Å²) in [5.74, 6) is -0.235. The van der Waals surface area contributed by atoms with Crippen molar-refractivity contribution < 1.29 is 14.4 Å². The third kappa shape index (κ3) is 3.70. The Kier molecular flexibility index (Phi) is 5.11. The Hall–Kier alpha value is -3.12. The van der Waals surface area contributed by atoms with Crippen LogP contribution in [0.3, 0.4) is 0 Å². The van der Waals surface area contributed by atoms with E-state index < -0.39 is 6.61 Å². The maximum atomic E-state index is 12.7. The summed E-state index contributed by atoms with van der Waals surface area (Å²) in [6.07, 6.45) is 0. The monoisotopic (exact) mass is 337 g/mol. The Morgan fingerprint density at radius 2 is 1.76 bits per heavy atom. The van der Waals surface area contributed by atoms with Crippen LogP contribution >= 0.6 is 0 Å². The molecular weight excluding hydrogens is 318 g/mol. The van der Waals surface area contributed by atoms with Crippen molar-refractivity contribution in [2.24, 2.45) is 0 Å². The predicted molar refractivity (Wildman–Crippen MR) is 96.4 cm³/mol. The van der Waals surface area contributed by atoms with Crippen LogP contribution in [0, 0.1) is 0 Å². The van der Waals surface area contributed by atoms with Gasteiger partial charge in [-0.15, -0.1) is 0 Å². The molecule has 1 amide bonds. The Balaban J connectivity index is 1.87. The zero-order valence-electron chi connectivity index (χ0n) is 13.8. The molecule has 6 heteroatoms. The maximum absolute atomic E-state index is 12.7. The topological polar surface area (TPSA) is 87.4 Å². The number of rotatable bonds is 6. The summed E-state index contributed by atoms with van der Waals surface area (Å²) in [4.78, 5) is 12.7. The second-order valence-electron chi connectivity index (χ2n) is 5.42. The minimum atomic E-state index is -0.401. The molecule has 6 nitrogen and oxygen atoms in total. The lowest BCUT2D eigenvalue weighted by Gasteiger charge is -2.08. The van der Waals surface area contributed by atoms with Gasteiger partial charge in [0.05, 0.1) is 0 Å². The number of aromatic nitrogens is 1. The third-order valence-electron chi connectivity index (χ3n) is 3.70. The summed E-state index contributed by atoms with van der Waals surface area (Å²) in [6, 6.07) is 16.6. The molecule has 0 aliphatic rings. The van der Waals surface area contributed by atoms with Crippen LogP contribution in [0.25, 0.3) is 11.3 Å². The minimum Gasteiger partial charge on any atom is -0.388 e. The number of aliphatic hydroxyl groups is 1. The van der Waals surface area contributed by atoms with Gasteiger partial charge in [-0.1, -0.05) is 35.5 Å². The molecule has 3 aromatic rings. The molecule has 0 saturated carbocycles. The first-order valence-corrected chi connectivity index (χ1v) is 8.03. The Labute approximate surface area is 145 Å². The van der Waals surface area contributed by atoms with Gasteiger partial charge in [-0.3, -0.25) is 4.79 Å². The number of amides is 1. The van der Waals surface area contributed by atoms with Crippen LogP contribution < -0.4 is 10.6 Å². The van der Waals surface area contributed by atoms with Gasteiger partial charge in [0.1, 0.15) is 17.9 Å². The van der Waals surface area contributed by atoms with Gasteiger partial charge in [0.15, 0.2) is 5.76 Å². The molecule has 0 atom stereocenters. The molecule has 0 spiro atoms. The summed E-state index contributed by atoms with van der Waals surface area (Å²) >= 11 is 0. The fourth-order valence-electron chi connectivity index (χ4n) is 2.53. The van der Waals surface area contributed by atoms with E-state index in [0.717, 1.165) is 17.8 Å². The highest BCUT2D eigenvalue weighted by Crippen LogP contribution is 2.26. The molecular formula is C19H19N3O3. The van der Waals surface area contributed by atoms with E-state index in [-0.39, 0.29) is 17.2 Å². The fraction of sp³-hybridized carbons (Fsp3) is 0.158. The number of anilines is 2. The second kappa shape index (κ2) is 7.63. The summed E-state index contributed by atoms with van der Waals surface area (Å²) in [5.41, 5.74) is 3.02. The van der Waals surface area contributed by atoms with E-state index in [0.29, 0.717) is 11.4 Å². The highest BCUT2D eigenvalue weighted by molar-refractivity contribution is 6.08. The van der Waals surface area contributed by atoms with Crippen molar-refractivity contribution in [3.63, 3.8) is 0 Å². The lowest BCUT2D eigenvalue weighted by Crippen LogP contribution is -2.14. The Bertz CT molecular complexity index is 842. The van der Waals surface area contributed by atoms with E-state index in [2.05, 4.69) is 15.8 Å². The number of benzene rings is 2. The van der Waals surface area contributed by atoms with Crippen LogP contribution in [0.1, 0.15) is 23.0 Å². The van der Waals surface area contributed by atoms with Crippen molar-refractivity contribution >= 4 is 17.3 Å². The van der Waals surface area contributed by atoms with E-state index in [9.17, 15) is 9.90 Å². The van der Waals surface area contributed by atoms with Crippen LogP contribution in [0.4, 0.5) is 11.4 Å². The first kappa shape index (κ1) is 16.7. The van der Waals surface area contributed by atoms with Gasteiger partial charge < -0.3 is 20.3 Å². The molecule has 1 aromatic heterocycles. The number of aliphatic hydroxyl groups excluding tert-OH is 1. The van der Waals surface area contributed by atoms with Crippen molar-refractivity contribution in [3.05, 3.63) is 65.9 Å². The van der Waals surface area contributed by atoms with E-state index in [4.69, 9.17) is 4.52 Å². The number of hydrogen-bond donors (Lipinski definition) is 3. The Morgan fingerprint density at radius 3 is 2.40 bits per heavy atom. The molecule has 0 aliphatic heterocycles. The number of carbonyl (C=O) groups excluding carboxylic acids is 1. The largest absolute Gasteiger partial charge is 0.388 e. The number of hydrogen-bond acceptors (Lipinski definition) is 5. The van der Waals surface area contributed by atoms with E-state index in [1.807, 2.05) is 61.5 Å². The van der Waals surface area contributed by atoms with Crippen molar-refractivity contribution in [1.82, 2.24) is 5.16 Å². The highest BCUT2D eigenvalue weighted by atomic mass is 16.5. The van der Waals surface area contributed by atoms with Crippen molar-refractivity contribution in [2.75, 3.05) is 17.2 Å². The smallest absolute Gasteiger partial charge is 0.261 e. The second-order valence-corrected chi connectivity index (χ2v) is 5.42. The predicted octanol–water partition coefficient (Wildman–Crippen LogP) is 3.52. The lowest BCUT2D eigenvalue weighted by molar-refractivity contribution is 0.102. The molecule has 1 heterocycles. The molecule has 0 bridgehead atoms. The average Bonchev–Trinajstić information content (AvgIpc) is 3.08. The van der Waals surface area contributed by atoms with Gasteiger partial charge in [0.2, 0.25) is 0 Å². The average molecular weight is 337 g/mol. The highest BCUT2D eigenvalue weighted by Gasteiger charge is 2.23. The zero-order chi connectivity index (χ0) is 17.6. The molecule has 0 fully saturated rings. The summed E-state index contributed by atoms with van der Waals surface area (Å²) in [5, 5.41) is 19.4. The lowest BCUT2D eigenvalue weighted by atomic mass is 10.1. The van der Waals surface area contributed by atoms with Crippen LogP contribution in [0.2, 0.25) is 0 Å². The van der Waals surface area contributed by atoms with Crippen LogP contribution in [-0.4, -0.2) is 22.7 Å². The van der Waals surface area contributed by atoms with Gasteiger partial charge >= 0.3 is 0 Å². The number of carbonyl (C=O) groups is 1. The minimum absolute atomic E-state index is 0.139. The van der Waals surface area contributed by atoms with Gasteiger partial charge in [0, 0.05) is 23.5 Å². The summed E-state index contributed by atoms with van der Waals surface area (Å²) in [6.45, 7) is 2.44. The molecule has 0 unspecified atom stereocenters. The van der Waals surface area contributed by atoms with Gasteiger partial charge in [-0.2, -0.15) is 0 Å². The molecule has 0 radical (unpaired) electrons. The molecule has 25 heavy (non-hydrogen) atoms. The fourth-order valence-corrected chi connectivity index (χ4v) is 2.53. The van der Waals surface area contributed by atoms with Gasteiger partial charge in [0.25, 0.3) is 5.91 Å². The van der Waals surface area contributed by atoms with Crippen molar-refractivity contribution in [1.29, 1.82) is 0 Å². The molecule has 0 saturated heterocycles. The molecule has 3 N–H and O–H groups in total. The summed E-state index contributed by atoms with van der Waals surface area (Å²) in [7, 11) is 0. The Morgan fingerprint density at radius 1 is 1.08 bits per heavy atom. The number of nitrogens with zero attached hydrogens (tertiary/aromatic N) is 1. The standard InChI is InChI=1S/C19H19N3O3/c1-2-20-14-8-10-15(11-9-14)21-19(24)17-16(12-23)25-22-18(17)13-6-4-3-5-7-13/h3-11,20,23H,2,12H2,1H3,(H,21,24). The van der Waals surface area contributed by atoms with Crippen molar-refractivity contribution in [2.45, 2.75) is 13.5 Å². The van der Waals surface area contributed by atoms with Crippen LogP contribution in [0.5, 0.6) is 0 Å². The number of nitrogens with one attached hydrogen (secondary N) is 2. The maximum Gasteiger partial charge on any atom is 0.261 e. The molecule has 0 aliphatic carbocycles. The van der Waals surface area contributed by atoms with Gasteiger partial charge in [-0.25, -0.2) is 0 Å². The SMILES string of the molecule is CCNc1ccc(NC(=O)c2c(-c3ccccc3)noc2CO)cc1. The summed E-state index contributed by atoms with van der Waals surface area (Å²) < 4.78 is 5.14. The first-order chi connectivity index (χ1) is 12.2. The molecule has 3 rings (SSSR count). The normalized spacial score (nSPS) is 10.5. The van der Waals surface area contributed by atoms with Crippen LogP contribution in [0.15, 0.2) is 59.1 Å². The van der Waals surface area contributed by atoms with E-state index in [1.54, 1.807) is 0 Å². The first-order valence-electron chi connectivity index (χ1n) is 8.03. The van der Waals surface area contributed by atoms with E-state index >= 15 is 0 Å². The third-order valence-corrected chi connectivity index (χ3v) is 3.70.